The lowest BCUT2D eigenvalue weighted by molar-refractivity contribution is -0.137. The molecule has 11 heteroatoms. The molecule has 0 aliphatic carbocycles. The average Bonchev–Trinajstić information content (AvgIpc) is 2.65. The Kier molecular flexibility index (Phi) is 6.75. The zero-order valence-electron chi connectivity index (χ0n) is 15.8. The lowest BCUT2D eigenvalue weighted by Gasteiger charge is -2.16. The number of amides is 1. The molecule has 0 fully saturated rings. The third-order valence-electron chi connectivity index (χ3n) is 3.74. The van der Waals surface area contributed by atoms with Gasteiger partial charge in [0.05, 0.1) is 12.7 Å². The summed E-state index contributed by atoms with van der Waals surface area (Å²) in [4.78, 5) is 11.9. The second-order valence-corrected chi connectivity index (χ2v) is 8.14. The number of sulfonamides is 1. The number of carbonyl (C=O) groups excluding carboxylic acids is 1. The zero-order chi connectivity index (χ0) is 21.8. The van der Waals surface area contributed by atoms with E-state index in [4.69, 9.17) is 9.47 Å². The van der Waals surface area contributed by atoms with E-state index in [2.05, 4.69) is 5.32 Å². The molecule has 2 aromatic carbocycles. The maximum atomic E-state index is 12.7. The van der Waals surface area contributed by atoms with E-state index in [0.29, 0.717) is 0 Å². The van der Waals surface area contributed by atoms with Gasteiger partial charge in [0.1, 0.15) is 16.4 Å². The van der Waals surface area contributed by atoms with Crippen LogP contribution in [0.25, 0.3) is 0 Å². The van der Waals surface area contributed by atoms with E-state index in [-0.39, 0.29) is 22.1 Å². The van der Waals surface area contributed by atoms with Gasteiger partial charge in [-0.15, -0.1) is 0 Å². The number of methoxy groups -OCH3 is 1. The van der Waals surface area contributed by atoms with Crippen molar-refractivity contribution in [3.8, 4) is 11.5 Å². The first-order valence-electron chi connectivity index (χ1n) is 8.15. The molecule has 0 saturated carbocycles. The number of halogens is 3. The maximum Gasteiger partial charge on any atom is 0.416 e. The second-order valence-electron chi connectivity index (χ2n) is 6.02. The molecule has 0 heterocycles. The fourth-order valence-corrected chi connectivity index (χ4v) is 3.34. The fourth-order valence-electron chi connectivity index (χ4n) is 2.26. The molecule has 0 unspecified atom stereocenters. The van der Waals surface area contributed by atoms with Crippen LogP contribution in [-0.2, 0) is 21.0 Å². The number of hydrogen-bond donors (Lipinski definition) is 1. The van der Waals surface area contributed by atoms with Crippen LogP contribution in [0.5, 0.6) is 11.5 Å². The normalized spacial score (nSPS) is 12.0. The van der Waals surface area contributed by atoms with E-state index >= 15 is 0 Å². The van der Waals surface area contributed by atoms with Crippen molar-refractivity contribution < 1.29 is 35.9 Å². The Hall–Kier alpha value is -2.79. The van der Waals surface area contributed by atoms with Gasteiger partial charge in [0.15, 0.2) is 6.61 Å². The number of alkyl halides is 3. The molecule has 1 N–H and O–H groups in total. The molecule has 158 valence electrons. The lowest BCUT2D eigenvalue weighted by atomic mass is 10.2. The van der Waals surface area contributed by atoms with E-state index in [1.807, 2.05) is 0 Å². The summed E-state index contributed by atoms with van der Waals surface area (Å²) in [7, 11) is 0.178. The molecule has 0 aromatic heterocycles. The standard InChI is InChI=1S/C18H19F3N2O5S/c1-23(2)29(25,26)16-10-13(7-8-15(16)27-3)22-17(24)11-28-14-6-4-5-12(9-14)18(19,20)21/h4-10H,11H2,1-3H3,(H,22,24). The van der Waals surface area contributed by atoms with E-state index in [0.717, 1.165) is 22.5 Å². The predicted octanol–water partition coefficient (Wildman–Crippen LogP) is 2.98. The van der Waals surface area contributed by atoms with Crippen LogP contribution < -0.4 is 14.8 Å². The molecule has 0 saturated heterocycles. The highest BCUT2D eigenvalue weighted by atomic mass is 32.2. The fraction of sp³-hybridized carbons (Fsp3) is 0.278. The highest BCUT2D eigenvalue weighted by Crippen LogP contribution is 2.31. The summed E-state index contributed by atoms with van der Waals surface area (Å²) in [5, 5.41) is 2.44. The minimum Gasteiger partial charge on any atom is -0.495 e. The Bertz CT molecular complexity index is 991. The molecule has 29 heavy (non-hydrogen) atoms. The number of anilines is 1. The molecule has 1 amide bonds. The van der Waals surface area contributed by atoms with Crippen molar-refractivity contribution in [1.82, 2.24) is 4.31 Å². The molecule has 2 aromatic rings. The van der Waals surface area contributed by atoms with Gasteiger partial charge in [-0.1, -0.05) is 6.07 Å². The Labute approximate surface area is 166 Å². The van der Waals surface area contributed by atoms with Crippen LogP contribution in [0, 0.1) is 0 Å². The number of rotatable bonds is 7. The molecular formula is C18H19F3N2O5S. The summed E-state index contributed by atoms with van der Waals surface area (Å²) in [5.41, 5.74) is -0.743. The molecule has 0 atom stereocenters. The van der Waals surface area contributed by atoms with Gasteiger partial charge in [0, 0.05) is 19.8 Å². The minimum absolute atomic E-state index is 0.0944. The van der Waals surface area contributed by atoms with E-state index in [1.165, 1.54) is 45.5 Å². The molecule has 0 aliphatic heterocycles. The van der Waals surface area contributed by atoms with Crippen molar-refractivity contribution in [1.29, 1.82) is 0 Å². The summed E-state index contributed by atoms with van der Waals surface area (Å²) in [6, 6.07) is 8.14. The first-order valence-corrected chi connectivity index (χ1v) is 9.59. The zero-order valence-corrected chi connectivity index (χ0v) is 16.6. The van der Waals surface area contributed by atoms with Gasteiger partial charge in [-0.2, -0.15) is 13.2 Å². The third kappa shape index (κ3) is 5.61. The minimum atomic E-state index is -4.53. The van der Waals surface area contributed by atoms with Gasteiger partial charge in [-0.25, -0.2) is 12.7 Å². The molecule has 2 rings (SSSR count). The van der Waals surface area contributed by atoms with Crippen molar-refractivity contribution in [2.45, 2.75) is 11.1 Å². The monoisotopic (exact) mass is 432 g/mol. The van der Waals surface area contributed by atoms with Crippen LogP contribution in [0.4, 0.5) is 18.9 Å². The molecule has 0 aliphatic rings. The predicted molar refractivity (Wildman–Crippen MR) is 99.4 cm³/mol. The lowest BCUT2D eigenvalue weighted by Crippen LogP contribution is -2.24. The number of hydrogen-bond acceptors (Lipinski definition) is 5. The van der Waals surface area contributed by atoms with Gasteiger partial charge >= 0.3 is 6.18 Å². The van der Waals surface area contributed by atoms with E-state index < -0.39 is 34.3 Å². The largest absolute Gasteiger partial charge is 0.495 e. The van der Waals surface area contributed by atoms with Crippen LogP contribution >= 0.6 is 0 Å². The Balaban J connectivity index is 2.12. The highest BCUT2D eigenvalue weighted by molar-refractivity contribution is 7.89. The SMILES string of the molecule is COc1ccc(NC(=O)COc2cccc(C(F)(F)F)c2)cc1S(=O)(=O)N(C)C. The van der Waals surface area contributed by atoms with Crippen molar-refractivity contribution >= 4 is 21.6 Å². The van der Waals surface area contributed by atoms with Gasteiger partial charge in [0.25, 0.3) is 5.91 Å². The Morgan fingerprint density at radius 1 is 1.14 bits per heavy atom. The Morgan fingerprint density at radius 3 is 2.41 bits per heavy atom. The van der Waals surface area contributed by atoms with Crippen LogP contribution in [-0.4, -0.2) is 46.4 Å². The maximum absolute atomic E-state index is 12.7. The van der Waals surface area contributed by atoms with Crippen LogP contribution in [0.2, 0.25) is 0 Å². The van der Waals surface area contributed by atoms with Gasteiger partial charge < -0.3 is 14.8 Å². The number of carbonyl (C=O) groups is 1. The first kappa shape index (κ1) is 22.5. The van der Waals surface area contributed by atoms with E-state index in [1.54, 1.807) is 0 Å². The topological polar surface area (TPSA) is 84.9 Å². The number of nitrogens with one attached hydrogen (secondary N) is 1. The molecule has 0 radical (unpaired) electrons. The smallest absolute Gasteiger partial charge is 0.416 e. The molecule has 0 bridgehead atoms. The number of nitrogens with zero attached hydrogens (tertiary/aromatic N) is 1. The summed E-state index contributed by atoms with van der Waals surface area (Å²) in [6.07, 6.45) is -4.53. The third-order valence-corrected chi connectivity index (χ3v) is 5.57. The van der Waals surface area contributed by atoms with Crippen LogP contribution in [0.3, 0.4) is 0 Å². The Morgan fingerprint density at radius 2 is 1.83 bits per heavy atom. The van der Waals surface area contributed by atoms with Gasteiger partial charge in [-0.05, 0) is 36.4 Å². The van der Waals surface area contributed by atoms with Crippen molar-refractivity contribution in [2.24, 2.45) is 0 Å². The van der Waals surface area contributed by atoms with Crippen molar-refractivity contribution in [3.05, 3.63) is 48.0 Å². The molecule has 7 nitrogen and oxygen atoms in total. The first-order chi connectivity index (χ1) is 13.4. The van der Waals surface area contributed by atoms with Gasteiger partial charge in [0.2, 0.25) is 10.0 Å². The van der Waals surface area contributed by atoms with Crippen LogP contribution in [0.1, 0.15) is 5.56 Å². The molecular weight excluding hydrogens is 413 g/mol. The summed E-state index contributed by atoms with van der Waals surface area (Å²) in [6.45, 7) is -0.566. The number of benzene rings is 2. The highest BCUT2D eigenvalue weighted by Gasteiger charge is 2.30. The van der Waals surface area contributed by atoms with Crippen molar-refractivity contribution in [2.75, 3.05) is 33.1 Å². The van der Waals surface area contributed by atoms with E-state index in [9.17, 15) is 26.4 Å². The summed E-state index contributed by atoms with van der Waals surface area (Å²) >= 11 is 0. The average molecular weight is 432 g/mol. The summed E-state index contributed by atoms with van der Waals surface area (Å²) < 4.78 is 74.0. The summed E-state index contributed by atoms with van der Waals surface area (Å²) in [5.74, 6) is -0.710. The van der Waals surface area contributed by atoms with Gasteiger partial charge in [-0.3, -0.25) is 4.79 Å². The quantitative estimate of drug-likeness (QED) is 0.727. The van der Waals surface area contributed by atoms with Crippen LogP contribution in [0.15, 0.2) is 47.4 Å². The van der Waals surface area contributed by atoms with Crippen molar-refractivity contribution in [3.63, 3.8) is 0 Å². The molecule has 0 spiro atoms. The second kappa shape index (κ2) is 8.70. The number of ether oxygens (including phenoxy) is 2.